The van der Waals surface area contributed by atoms with E-state index in [0.717, 1.165) is 12.5 Å². The molecule has 8 heteroatoms. The van der Waals surface area contributed by atoms with Crippen molar-refractivity contribution in [3.63, 3.8) is 0 Å². The van der Waals surface area contributed by atoms with Gasteiger partial charge in [-0.3, -0.25) is 14.7 Å². The summed E-state index contributed by atoms with van der Waals surface area (Å²) in [6.07, 6.45) is 3.55. The van der Waals surface area contributed by atoms with Crippen LogP contribution >= 0.6 is 0 Å². The van der Waals surface area contributed by atoms with Gasteiger partial charge < -0.3 is 9.80 Å². The van der Waals surface area contributed by atoms with Crippen LogP contribution in [0.5, 0.6) is 0 Å². The Hall–Kier alpha value is -2.77. The number of rotatable bonds is 3. The molecule has 1 aromatic heterocycles. The quantitative estimate of drug-likeness (QED) is 0.879. The van der Waals surface area contributed by atoms with Crippen molar-refractivity contribution in [2.45, 2.75) is 32.7 Å². The average molecular weight is 388 g/mol. The van der Waals surface area contributed by atoms with Gasteiger partial charge >= 0.3 is 0 Å². The Bertz CT molecular complexity index is 929. The van der Waals surface area contributed by atoms with E-state index < -0.39 is 17.0 Å². The van der Waals surface area contributed by atoms with Crippen LogP contribution in [0.2, 0.25) is 0 Å². The standard InChI is InChI=1S/C20H22F2N4O2/c1-13-15(10-23-24-13)18(27)26-9-7-20(12-26)6-3-8-25(19(20)28)11-14-4-2-5-16(21)17(14)22/h2,4-5,10H,3,6-9,11-12H2,1H3,(H,23,24)/t20-/m0/s1. The van der Waals surface area contributed by atoms with E-state index in [-0.39, 0.29) is 23.9 Å². The third-order valence-electron chi connectivity index (χ3n) is 5.92. The number of hydrogen-bond donors (Lipinski definition) is 1. The van der Waals surface area contributed by atoms with Gasteiger partial charge in [-0.2, -0.15) is 5.10 Å². The molecule has 6 nitrogen and oxygen atoms in total. The first-order valence-corrected chi connectivity index (χ1v) is 9.43. The van der Waals surface area contributed by atoms with Gasteiger partial charge in [-0.05, 0) is 32.3 Å². The molecule has 4 rings (SSSR count). The predicted octanol–water partition coefficient (Wildman–Crippen LogP) is 2.65. The number of carbonyl (C=O) groups is 2. The lowest BCUT2D eigenvalue weighted by Crippen LogP contribution is -2.50. The molecule has 0 radical (unpaired) electrons. The Kier molecular flexibility index (Phi) is 4.64. The highest BCUT2D eigenvalue weighted by Gasteiger charge is 2.49. The molecular formula is C20H22F2N4O2. The van der Waals surface area contributed by atoms with Crippen LogP contribution in [-0.2, 0) is 11.3 Å². The second-order valence-electron chi connectivity index (χ2n) is 7.71. The number of piperidine rings is 1. The van der Waals surface area contributed by atoms with E-state index in [0.29, 0.717) is 43.7 Å². The molecule has 1 aromatic carbocycles. The highest BCUT2D eigenvalue weighted by atomic mass is 19.2. The molecule has 0 bridgehead atoms. The maximum Gasteiger partial charge on any atom is 0.257 e. The zero-order chi connectivity index (χ0) is 19.9. The zero-order valence-corrected chi connectivity index (χ0v) is 15.7. The van der Waals surface area contributed by atoms with Crippen LogP contribution < -0.4 is 0 Å². The molecular weight excluding hydrogens is 366 g/mol. The van der Waals surface area contributed by atoms with Gasteiger partial charge in [-0.1, -0.05) is 12.1 Å². The first kappa shape index (κ1) is 18.6. The van der Waals surface area contributed by atoms with Crippen LogP contribution in [0, 0.1) is 24.0 Å². The predicted molar refractivity (Wildman–Crippen MR) is 97.3 cm³/mol. The van der Waals surface area contributed by atoms with Crippen molar-refractivity contribution < 1.29 is 18.4 Å². The van der Waals surface area contributed by atoms with Gasteiger partial charge in [0, 0.05) is 37.4 Å². The van der Waals surface area contributed by atoms with E-state index >= 15 is 0 Å². The van der Waals surface area contributed by atoms with E-state index in [9.17, 15) is 18.4 Å². The van der Waals surface area contributed by atoms with Crippen LogP contribution in [0.4, 0.5) is 8.78 Å². The van der Waals surface area contributed by atoms with Gasteiger partial charge in [-0.25, -0.2) is 8.78 Å². The summed E-state index contributed by atoms with van der Waals surface area (Å²) in [6.45, 7) is 3.17. The summed E-state index contributed by atoms with van der Waals surface area (Å²) in [6, 6.07) is 4.01. The van der Waals surface area contributed by atoms with E-state index in [2.05, 4.69) is 10.2 Å². The number of nitrogens with zero attached hydrogens (tertiary/aromatic N) is 3. The molecule has 28 heavy (non-hydrogen) atoms. The molecule has 0 unspecified atom stereocenters. The Morgan fingerprint density at radius 3 is 2.86 bits per heavy atom. The van der Waals surface area contributed by atoms with Crippen LogP contribution in [-0.4, -0.2) is 51.4 Å². The summed E-state index contributed by atoms with van der Waals surface area (Å²) < 4.78 is 27.5. The van der Waals surface area contributed by atoms with Crippen molar-refractivity contribution in [3.05, 3.63) is 52.9 Å². The minimum atomic E-state index is -0.912. The van der Waals surface area contributed by atoms with E-state index in [1.165, 1.54) is 18.3 Å². The molecule has 1 N–H and O–H groups in total. The third kappa shape index (κ3) is 3.06. The van der Waals surface area contributed by atoms with E-state index in [1.807, 2.05) is 0 Å². The summed E-state index contributed by atoms with van der Waals surface area (Å²) in [4.78, 5) is 29.3. The fourth-order valence-corrected chi connectivity index (χ4v) is 4.34. The summed E-state index contributed by atoms with van der Waals surface area (Å²) in [5, 5.41) is 6.65. The van der Waals surface area contributed by atoms with Gasteiger partial charge in [0.2, 0.25) is 5.91 Å². The number of aromatic amines is 1. The van der Waals surface area contributed by atoms with Crippen molar-refractivity contribution in [3.8, 4) is 0 Å². The Morgan fingerprint density at radius 2 is 2.11 bits per heavy atom. The molecule has 2 saturated heterocycles. The van der Waals surface area contributed by atoms with Crippen molar-refractivity contribution in [2.24, 2.45) is 5.41 Å². The maximum atomic E-state index is 14.0. The number of amides is 2. The Labute approximate surface area is 161 Å². The molecule has 1 atom stereocenters. The number of benzene rings is 1. The van der Waals surface area contributed by atoms with Crippen LogP contribution in [0.3, 0.4) is 0 Å². The molecule has 2 amide bonds. The fourth-order valence-electron chi connectivity index (χ4n) is 4.34. The van der Waals surface area contributed by atoms with E-state index in [1.54, 1.807) is 16.7 Å². The molecule has 2 aliphatic heterocycles. The number of aryl methyl sites for hydroxylation is 1. The third-order valence-corrected chi connectivity index (χ3v) is 5.92. The van der Waals surface area contributed by atoms with Crippen molar-refractivity contribution in [1.82, 2.24) is 20.0 Å². The van der Waals surface area contributed by atoms with Crippen molar-refractivity contribution in [1.29, 1.82) is 0 Å². The number of halogens is 2. The number of likely N-dealkylation sites (tertiary alicyclic amines) is 2. The average Bonchev–Trinajstić information content (AvgIpc) is 3.30. The molecule has 2 aromatic rings. The van der Waals surface area contributed by atoms with Crippen molar-refractivity contribution >= 4 is 11.8 Å². The van der Waals surface area contributed by atoms with Gasteiger partial charge in [-0.15, -0.1) is 0 Å². The monoisotopic (exact) mass is 388 g/mol. The second-order valence-corrected chi connectivity index (χ2v) is 7.71. The number of nitrogens with one attached hydrogen (secondary N) is 1. The van der Waals surface area contributed by atoms with Crippen LogP contribution in [0.15, 0.2) is 24.4 Å². The molecule has 0 aliphatic carbocycles. The number of aromatic nitrogens is 2. The highest BCUT2D eigenvalue weighted by Crippen LogP contribution is 2.41. The summed E-state index contributed by atoms with van der Waals surface area (Å²) in [5.74, 6) is -2.04. The fraction of sp³-hybridized carbons (Fsp3) is 0.450. The van der Waals surface area contributed by atoms with Gasteiger partial charge in [0.1, 0.15) is 0 Å². The van der Waals surface area contributed by atoms with E-state index in [4.69, 9.17) is 0 Å². The van der Waals surface area contributed by atoms with Gasteiger partial charge in [0.05, 0.1) is 17.2 Å². The normalized spacial score (nSPS) is 22.3. The Morgan fingerprint density at radius 1 is 1.29 bits per heavy atom. The number of carbonyl (C=O) groups excluding carboxylic acids is 2. The molecule has 2 fully saturated rings. The molecule has 1 spiro atoms. The zero-order valence-electron chi connectivity index (χ0n) is 15.7. The van der Waals surface area contributed by atoms with Crippen LogP contribution in [0.25, 0.3) is 0 Å². The topological polar surface area (TPSA) is 69.3 Å². The molecule has 2 aliphatic rings. The summed E-state index contributed by atoms with van der Waals surface area (Å²) in [7, 11) is 0. The smallest absolute Gasteiger partial charge is 0.257 e. The minimum Gasteiger partial charge on any atom is -0.338 e. The molecule has 148 valence electrons. The number of H-pyrrole nitrogens is 1. The minimum absolute atomic E-state index is 0.0406. The summed E-state index contributed by atoms with van der Waals surface area (Å²) in [5.41, 5.74) is 0.739. The lowest BCUT2D eigenvalue weighted by Gasteiger charge is -2.39. The first-order chi connectivity index (χ1) is 13.4. The Balaban J connectivity index is 1.51. The van der Waals surface area contributed by atoms with Crippen LogP contribution in [0.1, 0.15) is 40.9 Å². The maximum absolute atomic E-state index is 14.0. The lowest BCUT2D eigenvalue weighted by atomic mass is 9.78. The highest BCUT2D eigenvalue weighted by molar-refractivity contribution is 5.96. The molecule has 3 heterocycles. The molecule has 0 saturated carbocycles. The lowest BCUT2D eigenvalue weighted by molar-refractivity contribution is -0.146. The van der Waals surface area contributed by atoms with Gasteiger partial charge in [0.25, 0.3) is 5.91 Å². The SMILES string of the molecule is Cc1[nH]ncc1C(=O)N1CC[C@@]2(CCCN(Cc3cccc(F)c3F)C2=O)C1. The van der Waals surface area contributed by atoms with Crippen molar-refractivity contribution in [2.75, 3.05) is 19.6 Å². The first-order valence-electron chi connectivity index (χ1n) is 9.43. The largest absolute Gasteiger partial charge is 0.338 e. The number of hydrogen-bond acceptors (Lipinski definition) is 3. The second kappa shape index (κ2) is 7.00. The van der Waals surface area contributed by atoms with Gasteiger partial charge in [0.15, 0.2) is 11.6 Å². The summed E-state index contributed by atoms with van der Waals surface area (Å²) >= 11 is 0.